The van der Waals surface area contributed by atoms with Crippen LogP contribution in [0.1, 0.15) is 34.5 Å². The highest BCUT2D eigenvalue weighted by atomic mass is 35.5. The molecule has 1 aromatic heterocycles. The molecule has 2 aromatic rings. The Hall–Kier alpha value is -2.64. The van der Waals surface area contributed by atoms with Crippen LogP contribution in [0.2, 0.25) is 10.0 Å². The van der Waals surface area contributed by atoms with E-state index in [9.17, 15) is 15.3 Å². The maximum absolute atomic E-state index is 13.8. The highest BCUT2D eigenvalue weighted by Crippen LogP contribution is 2.43. The first-order valence-electron chi connectivity index (χ1n) is 9.55. The number of piperidine rings is 3. The number of aromatic nitrogens is 1. The van der Waals surface area contributed by atoms with Gasteiger partial charge in [0.2, 0.25) is 0 Å². The molecular weight excluding hydrogens is 423 g/mol. The van der Waals surface area contributed by atoms with Gasteiger partial charge >= 0.3 is 0 Å². The lowest BCUT2D eigenvalue weighted by molar-refractivity contribution is 0.0205. The van der Waals surface area contributed by atoms with Gasteiger partial charge in [-0.3, -0.25) is 9.69 Å². The van der Waals surface area contributed by atoms with Gasteiger partial charge in [0.1, 0.15) is 17.7 Å². The third-order valence-electron chi connectivity index (χ3n) is 6.20. The summed E-state index contributed by atoms with van der Waals surface area (Å²) in [4.78, 5) is 20.2. The van der Waals surface area contributed by atoms with E-state index in [-0.39, 0.29) is 50.0 Å². The Balaban J connectivity index is 1.95. The van der Waals surface area contributed by atoms with E-state index in [1.54, 1.807) is 0 Å². The Morgan fingerprint density at radius 2 is 2.17 bits per heavy atom. The summed E-state index contributed by atoms with van der Waals surface area (Å²) in [6.07, 6.45) is 3.64. The molecule has 152 valence electrons. The number of pyridine rings is 1. The van der Waals surface area contributed by atoms with Crippen molar-refractivity contribution in [2.75, 3.05) is 20.2 Å². The Morgan fingerprint density at radius 3 is 2.73 bits per heavy atom. The highest BCUT2D eigenvalue weighted by molar-refractivity contribution is 6.42. The molecule has 3 aliphatic rings. The Kier molecular flexibility index (Phi) is 5.42. The smallest absolute Gasteiger partial charge is 0.182 e. The number of ketones is 1. The zero-order chi connectivity index (χ0) is 21.6. The standard InChI is InChI=1S/C22H18Cl2N4O2/c1-3-11-10-28-5-4-12(11)6-17(28)21(29)18-13(8-25)16(9-26)27-15-7-14(23)22(30-2)20(24)19(15)18/h3,7,11-12,17H,1,4-6,10H2,2H3. The summed E-state index contributed by atoms with van der Waals surface area (Å²) in [7, 11) is 1.42. The summed E-state index contributed by atoms with van der Waals surface area (Å²) in [5.74, 6) is 0.695. The first kappa shape index (κ1) is 20.6. The first-order valence-corrected chi connectivity index (χ1v) is 10.3. The zero-order valence-corrected chi connectivity index (χ0v) is 17.8. The van der Waals surface area contributed by atoms with E-state index in [0.717, 1.165) is 19.5 Å². The summed E-state index contributed by atoms with van der Waals surface area (Å²) >= 11 is 12.8. The van der Waals surface area contributed by atoms with Gasteiger partial charge in [0.05, 0.1) is 34.3 Å². The number of carbonyl (C=O) groups excluding carboxylic acids is 1. The van der Waals surface area contributed by atoms with Crippen molar-refractivity contribution in [1.82, 2.24) is 9.88 Å². The number of fused-ring (bicyclic) bond motifs is 4. The molecule has 0 amide bonds. The Morgan fingerprint density at radius 1 is 1.40 bits per heavy atom. The second-order valence-electron chi connectivity index (χ2n) is 7.59. The van der Waals surface area contributed by atoms with Crippen molar-refractivity contribution in [3.8, 4) is 17.9 Å². The molecule has 0 saturated carbocycles. The SMILES string of the molecule is C=CC1CN2CCC1CC2C(=O)c1c(C#N)c(C#N)nc2cc(Cl)c(OC)c(Cl)c12. The number of rotatable bonds is 4. The van der Waals surface area contributed by atoms with Crippen LogP contribution in [-0.4, -0.2) is 41.9 Å². The van der Waals surface area contributed by atoms with Crippen molar-refractivity contribution in [2.24, 2.45) is 11.8 Å². The van der Waals surface area contributed by atoms with E-state index in [0.29, 0.717) is 23.6 Å². The van der Waals surface area contributed by atoms with Gasteiger partial charge in [-0.2, -0.15) is 10.5 Å². The van der Waals surface area contributed by atoms with Crippen molar-refractivity contribution in [3.63, 3.8) is 0 Å². The molecule has 0 N–H and O–H groups in total. The molecule has 0 radical (unpaired) electrons. The molecule has 30 heavy (non-hydrogen) atoms. The third kappa shape index (κ3) is 3.04. The van der Waals surface area contributed by atoms with E-state index < -0.39 is 0 Å². The molecule has 4 unspecified atom stereocenters. The van der Waals surface area contributed by atoms with Gasteiger partial charge in [-0.25, -0.2) is 4.98 Å². The van der Waals surface area contributed by atoms with Crippen LogP contribution in [0.3, 0.4) is 0 Å². The number of halogens is 2. The largest absolute Gasteiger partial charge is 0.494 e. The normalized spacial score (nSPS) is 24.8. The molecule has 4 atom stereocenters. The van der Waals surface area contributed by atoms with Crippen molar-refractivity contribution in [3.05, 3.63) is 45.6 Å². The monoisotopic (exact) mass is 440 g/mol. The lowest BCUT2D eigenvalue weighted by atomic mass is 9.73. The molecule has 8 heteroatoms. The summed E-state index contributed by atoms with van der Waals surface area (Å²) in [6, 6.07) is 5.04. The molecule has 0 aliphatic carbocycles. The van der Waals surface area contributed by atoms with Gasteiger partial charge in [-0.1, -0.05) is 29.3 Å². The van der Waals surface area contributed by atoms with Crippen LogP contribution in [0.5, 0.6) is 5.75 Å². The maximum atomic E-state index is 13.8. The lowest BCUT2D eigenvalue weighted by Gasteiger charge is -2.48. The maximum Gasteiger partial charge on any atom is 0.182 e. The number of nitrogens with zero attached hydrogens (tertiary/aromatic N) is 4. The summed E-state index contributed by atoms with van der Waals surface area (Å²) < 4.78 is 5.30. The van der Waals surface area contributed by atoms with E-state index in [1.807, 2.05) is 18.2 Å². The molecule has 2 bridgehead atoms. The van der Waals surface area contributed by atoms with E-state index in [2.05, 4.69) is 16.5 Å². The number of carbonyl (C=O) groups is 1. The van der Waals surface area contributed by atoms with Gasteiger partial charge in [0, 0.05) is 11.9 Å². The Labute approximate surface area is 184 Å². The summed E-state index contributed by atoms with van der Waals surface area (Å²) in [5.41, 5.74) is 0.214. The molecule has 3 aliphatic heterocycles. The number of methoxy groups -OCH3 is 1. The van der Waals surface area contributed by atoms with Crippen LogP contribution in [0.15, 0.2) is 18.7 Å². The molecule has 1 aromatic carbocycles. The summed E-state index contributed by atoms with van der Waals surface area (Å²) in [6.45, 7) is 5.48. The Bertz CT molecular complexity index is 1160. The first-order chi connectivity index (χ1) is 14.4. The quantitative estimate of drug-likeness (QED) is 0.517. The minimum absolute atomic E-state index is 0.0656. The second-order valence-corrected chi connectivity index (χ2v) is 8.38. The predicted molar refractivity (Wildman–Crippen MR) is 114 cm³/mol. The van der Waals surface area contributed by atoms with Crippen molar-refractivity contribution < 1.29 is 9.53 Å². The lowest BCUT2D eigenvalue weighted by Crippen LogP contribution is -2.55. The molecule has 3 saturated heterocycles. The van der Waals surface area contributed by atoms with Crippen LogP contribution < -0.4 is 4.74 Å². The second kappa shape index (κ2) is 7.89. The van der Waals surface area contributed by atoms with Gasteiger partial charge in [-0.05, 0) is 37.3 Å². The molecule has 4 heterocycles. The highest BCUT2D eigenvalue weighted by Gasteiger charge is 2.43. The van der Waals surface area contributed by atoms with Crippen LogP contribution in [0.4, 0.5) is 0 Å². The van der Waals surface area contributed by atoms with Gasteiger partial charge in [-0.15, -0.1) is 6.58 Å². The topological polar surface area (TPSA) is 90.0 Å². The average molecular weight is 441 g/mol. The van der Waals surface area contributed by atoms with E-state index in [4.69, 9.17) is 27.9 Å². The van der Waals surface area contributed by atoms with Crippen LogP contribution >= 0.6 is 23.2 Å². The number of ether oxygens (including phenoxy) is 1. The molecule has 0 spiro atoms. The average Bonchev–Trinajstić information content (AvgIpc) is 2.77. The zero-order valence-electron chi connectivity index (χ0n) is 16.3. The number of Topliss-reactive ketones (excluding diaryl/α,β-unsaturated/α-hetero) is 1. The van der Waals surface area contributed by atoms with Crippen LogP contribution in [0, 0.1) is 34.5 Å². The van der Waals surface area contributed by atoms with Crippen LogP contribution in [-0.2, 0) is 0 Å². The number of benzene rings is 1. The van der Waals surface area contributed by atoms with E-state index >= 15 is 0 Å². The van der Waals surface area contributed by atoms with E-state index in [1.165, 1.54) is 13.2 Å². The van der Waals surface area contributed by atoms with Gasteiger partial charge in [0.25, 0.3) is 0 Å². The van der Waals surface area contributed by atoms with Crippen molar-refractivity contribution in [1.29, 1.82) is 10.5 Å². The fraction of sp³-hybridized carbons (Fsp3) is 0.364. The minimum Gasteiger partial charge on any atom is -0.494 e. The third-order valence-corrected chi connectivity index (χ3v) is 6.84. The van der Waals surface area contributed by atoms with Crippen molar-refractivity contribution >= 4 is 39.9 Å². The summed E-state index contributed by atoms with van der Waals surface area (Å²) in [5, 5.41) is 20.0. The minimum atomic E-state index is -0.387. The predicted octanol–water partition coefficient (Wildman–Crippen LogP) is 4.37. The van der Waals surface area contributed by atoms with Crippen molar-refractivity contribution in [2.45, 2.75) is 18.9 Å². The van der Waals surface area contributed by atoms with Gasteiger partial charge < -0.3 is 4.74 Å². The number of hydrogen-bond donors (Lipinski definition) is 0. The van der Waals surface area contributed by atoms with Crippen LogP contribution in [0.25, 0.3) is 10.9 Å². The molecule has 6 nitrogen and oxygen atoms in total. The molecule has 5 rings (SSSR count). The fourth-order valence-electron chi connectivity index (χ4n) is 4.73. The molecule has 3 fully saturated rings. The molecular formula is C22H18Cl2N4O2. The fourth-order valence-corrected chi connectivity index (χ4v) is 5.43. The number of nitriles is 2. The number of hydrogen-bond acceptors (Lipinski definition) is 6. The van der Waals surface area contributed by atoms with Gasteiger partial charge in [0.15, 0.2) is 17.2 Å².